The van der Waals surface area contributed by atoms with Gasteiger partial charge in [-0.1, -0.05) is 12.1 Å². The Morgan fingerprint density at radius 3 is 2.36 bits per heavy atom. The first-order valence-electron chi connectivity index (χ1n) is 8.03. The van der Waals surface area contributed by atoms with E-state index in [1.165, 1.54) is 0 Å². The van der Waals surface area contributed by atoms with Crippen molar-refractivity contribution in [2.75, 3.05) is 27.9 Å². The highest BCUT2D eigenvalue weighted by Crippen LogP contribution is 2.33. The Morgan fingerprint density at radius 2 is 1.84 bits per heavy atom. The lowest BCUT2D eigenvalue weighted by atomic mass is 10.0. The topological polar surface area (TPSA) is 82.8 Å². The molecule has 1 amide bonds. The molecule has 1 aromatic heterocycles. The molecule has 0 saturated carbocycles. The van der Waals surface area contributed by atoms with Gasteiger partial charge in [-0.15, -0.1) is 0 Å². The number of hydrogen-bond acceptors (Lipinski definition) is 6. The Hall–Kier alpha value is -2.54. The minimum Gasteiger partial charge on any atom is -0.497 e. The SMILES string of the molecule is CC[C@@H](COC)NC(=O)c1c(C)noc1-c1cc(OC)cc(OC)c1. The summed E-state index contributed by atoms with van der Waals surface area (Å²) in [4.78, 5) is 12.7. The Morgan fingerprint density at radius 1 is 1.20 bits per heavy atom. The first-order valence-corrected chi connectivity index (χ1v) is 8.03. The fourth-order valence-electron chi connectivity index (χ4n) is 2.49. The normalized spacial score (nSPS) is 11.9. The maximum Gasteiger partial charge on any atom is 0.257 e. The number of benzene rings is 1. The van der Waals surface area contributed by atoms with Crippen LogP contribution in [0, 0.1) is 6.92 Å². The van der Waals surface area contributed by atoms with Gasteiger partial charge in [0.2, 0.25) is 0 Å². The van der Waals surface area contributed by atoms with E-state index in [-0.39, 0.29) is 11.9 Å². The Balaban J connectivity index is 2.40. The number of rotatable bonds is 8. The Labute approximate surface area is 147 Å². The van der Waals surface area contributed by atoms with Crippen LogP contribution >= 0.6 is 0 Å². The molecule has 0 saturated heterocycles. The van der Waals surface area contributed by atoms with Gasteiger partial charge < -0.3 is 24.1 Å². The van der Waals surface area contributed by atoms with Gasteiger partial charge in [0, 0.05) is 18.7 Å². The lowest BCUT2D eigenvalue weighted by molar-refractivity contribution is 0.0894. The van der Waals surface area contributed by atoms with Crippen molar-refractivity contribution in [1.29, 1.82) is 0 Å². The summed E-state index contributed by atoms with van der Waals surface area (Å²) in [7, 11) is 4.73. The average molecular weight is 348 g/mol. The van der Waals surface area contributed by atoms with Crippen LogP contribution in [0.4, 0.5) is 0 Å². The molecule has 7 heteroatoms. The zero-order valence-corrected chi connectivity index (χ0v) is 15.2. The number of nitrogens with one attached hydrogen (secondary N) is 1. The van der Waals surface area contributed by atoms with Crippen LogP contribution in [0.2, 0.25) is 0 Å². The van der Waals surface area contributed by atoms with E-state index < -0.39 is 0 Å². The molecule has 0 fully saturated rings. The molecular formula is C18H24N2O5. The van der Waals surface area contributed by atoms with E-state index in [2.05, 4.69) is 10.5 Å². The molecule has 25 heavy (non-hydrogen) atoms. The molecule has 1 N–H and O–H groups in total. The number of hydrogen-bond donors (Lipinski definition) is 1. The summed E-state index contributed by atoms with van der Waals surface area (Å²) in [6, 6.07) is 5.20. The van der Waals surface area contributed by atoms with Gasteiger partial charge in [0.25, 0.3) is 5.91 Å². The van der Waals surface area contributed by atoms with Crippen LogP contribution in [0.15, 0.2) is 22.7 Å². The minimum absolute atomic E-state index is 0.0838. The second-order valence-electron chi connectivity index (χ2n) is 5.61. The first kappa shape index (κ1) is 18.8. The van der Waals surface area contributed by atoms with Crippen molar-refractivity contribution in [2.45, 2.75) is 26.3 Å². The van der Waals surface area contributed by atoms with Gasteiger partial charge in [0.15, 0.2) is 5.76 Å². The van der Waals surface area contributed by atoms with Crippen molar-refractivity contribution < 1.29 is 23.5 Å². The van der Waals surface area contributed by atoms with Gasteiger partial charge in [-0.3, -0.25) is 4.79 Å². The van der Waals surface area contributed by atoms with Gasteiger partial charge >= 0.3 is 0 Å². The highest BCUT2D eigenvalue weighted by Gasteiger charge is 2.24. The fraction of sp³-hybridized carbons (Fsp3) is 0.444. The molecule has 0 bridgehead atoms. The predicted molar refractivity (Wildman–Crippen MR) is 93.2 cm³/mol. The lowest BCUT2D eigenvalue weighted by Crippen LogP contribution is -2.37. The number of aromatic nitrogens is 1. The van der Waals surface area contributed by atoms with Crippen LogP contribution in [-0.2, 0) is 4.74 Å². The van der Waals surface area contributed by atoms with Crippen molar-refractivity contribution in [3.63, 3.8) is 0 Å². The van der Waals surface area contributed by atoms with Crippen molar-refractivity contribution in [2.24, 2.45) is 0 Å². The average Bonchev–Trinajstić information content (AvgIpc) is 3.02. The van der Waals surface area contributed by atoms with Crippen molar-refractivity contribution in [3.8, 4) is 22.8 Å². The molecule has 0 aliphatic rings. The number of nitrogens with zero attached hydrogens (tertiary/aromatic N) is 1. The van der Waals surface area contributed by atoms with E-state index in [9.17, 15) is 4.79 Å². The highest BCUT2D eigenvalue weighted by atomic mass is 16.5. The monoisotopic (exact) mass is 348 g/mol. The number of carbonyl (C=O) groups is 1. The van der Waals surface area contributed by atoms with Crippen LogP contribution in [0.3, 0.4) is 0 Å². The second-order valence-corrected chi connectivity index (χ2v) is 5.61. The quantitative estimate of drug-likeness (QED) is 0.790. The van der Waals surface area contributed by atoms with Crippen LogP contribution in [0.25, 0.3) is 11.3 Å². The molecule has 1 aromatic carbocycles. The highest BCUT2D eigenvalue weighted by molar-refractivity contribution is 6.00. The lowest BCUT2D eigenvalue weighted by Gasteiger charge is -2.16. The third-order valence-corrected chi connectivity index (χ3v) is 3.90. The van der Waals surface area contributed by atoms with Gasteiger partial charge in [-0.2, -0.15) is 0 Å². The van der Waals surface area contributed by atoms with Crippen LogP contribution in [-0.4, -0.2) is 45.0 Å². The zero-order valence-electron chi connectivity index (χ0n) is 15.2. The fourth-order valence-corrected chi connectivity index (χ4v) is 2.49. The Kier molecular flexibility index (Phi) is 6.41. The van der Waals surface area contributed by atoms with Crippen molar-refractivity contribution in [1.82, 2.24) is 10.5 Å². The number of ether oxygens (including phenoxy) is 3. The zero-order chi connectivity index (χ0) is 18.4. The van der Waals surface area contributed by atoms with Gasteiger partial charge in [0.1, 0.15) is 17.1 Å². The van der Waals surface area contributed by atoms with E-state index in [0.29, 0.717) is 40.7 Å². The molecule has 0 aliphatic heterocycles. The van der Waals surface area contributed by atoms with Gasteiger partial charge in [-0.25, -0.2) is 0 Å². The molecule has 2 aromatic rings. The van der Waals surface area contributed by atoms with E-state index in [1.807, 2.05) is 6.92 Å². The Bertz CT molecular complexity index is 704. The maximum atomic E-state index is 12.7. The predicted octanol–water partition coefficient (Wildman–Crippen LogP) is 2.82. The molecule has 0 aliphatic carbocycles. The summed E-state index contributed by atoms with van der Waals surface area (Å²) in [5, 5.41) is 6.91. The molecule has 1 heterocycles. The summed E-state index contributed by atoms with van der Waals surface area (Å²) in [6.45, 7) is 4.16. The van der Waals surface area contributed by atoms with E-state index in [0.717, 1.165) is 6.42 Å². The number of amides is 1. The number of aryl methyl sites for hydroxylation is 1. The molecular weight excluding hydrogens is 324 g/mol. The second kappa shape index (κ2) is 8.53. The van der Waals surface area contributed by atoms with E-state index >= 15 is 0 Å². The smallest absolute Gasteiger partial charge is 0.257 e. The summed E-state index contributed by atoms with van der Waals surface area (Å²) in [5.74, 6) is 1.32. The molecule has 0 unspecified atom stereocenters. The molecule has 0 spiro atoms. The van der Waals surface area contributed by atoms with Crippen molar-refractivity contribution >= 4 is 5.91 Å². The number of methoxy groups -OCH3 is 3. The van der Waals surface area contributed by atoms with Gasteiger partial charge in [0.05, 0.1) is 32.6 Å². The molecule has 7 nitrogen and oxygen atoms in total. The van der Waals surface area contributed by atoms with E-state index in [1.54, 1.807) is 46.5 Å². The molecule has 2 rings (SSSR count). The maximum absolute atomic E-state index is 12.7. The summed E-state index contributed by atoms with van der Waals surface area (Å²) < 4.78 is 21.1. The van der Waals surface area contributed by atoms with Gasteiger partial charge in [-0.05, 0) is 25.5 Å². The van der Waals surface area contributed by atoms with Crippen molar-refractivity contribution in [3.05, 3.63) is 29.5 Å². The number of carbonyl (C=O) groups excluding carboxylic acids is 1. The first-order chi connectivity index (χ1) is 12.0. The summed E-state index contributed by atoms with van der Waals surface area (Å²) in [5.41, 5.74) is 1.56. The van der Waals surface area contributed by atoms with Crippen LogP contribution < -0.4 is 14.8 Å². The standard InChI is InChI=1S/C18H24N2O5/c1-6-13(10-22-3)19-18(21)16-11(2)20-25-17(16)12-7-14(23-4)9-15(8-12)24-5/h7-9,13H,6,10H2,1-5H3,(H,19,21)/t13-/m0/s1. The summed E-state index contributed by atoms with van der Waals surface area (Å²) in [6.07, 6.45) is 0.756. The molecule has 1 atom stereocenters. The van der Waals surface area contributed by atoms with Crippen LogP contribution in [0.5, 0.6) is 11.5 Å². The van der Waals surface area contributed by atoms with E-state index in [4.69, 9.17) is 18.7 Å². The molecule has 136 valence electrons. The third kappa shape index (κ3) is 4.30. The molecule has 0 radical (unpaired) electrons. The summed E-state index contributed by atoms with van der Waals surface area (Å²) >= 11 is 0. The third-order valence-electron chi connectivity index (χ3n) is 3.90. The largest absolute Gasteiger partial charge is 0.497 e. The van der Waals surface area contributed by atoms with Crippen LogP contribution in [0.1, 0.15) is 29.4 Å². The minimum atomic E-state index is -0.251.